The molecule has 0 aliphatic carbocycles. The Morgan fingerprint density at radius 2 is 2.15 bits per heavy atom. The quantitative estimate of drug-likeness (QED) is 0.446. The molecule has 5 rings (SSSR count). The summed E-state index contributed by atoms with van der Waals surface area (Å²) in [6, 6.07) is 7.05. The van der Waals surface area contributed by atoms with Crippen LogP contribution in [0.3, 0.4) is 0 Å². The van der Waals surface area contributed by atoms with Crippen LogP contribution in [0, 0.1) is 5.82 Å². The van der Waals surface area contributed by atoms with E-state index in [4.69, 9.17) is 4.74 Å². The number of fused-ring (bicyclic) bond motifs is 1. The van der Waals surface area contributed by atoms with Gasteiger partial charge in [-0.2, -0.15) is 24.7 Å². The van der Waals surface area contributed by atoms with Gasteiger partial charge < -0.3 is 15.4 Å². The average molecular weight is 451 g/mol. The van der Waals surface area contributed by atoms with Crippen LogP contribution in [0.15, 0.2) is 42.9 Å². The summed E-state index contributed by atoms with van der Waals surface area (Å²) in [6.07, 6.45) is 7.18. The molecule has 0 spiro atoms. The fourth-order valence-electron chi connectivity index (χ4n) is 4.05. The predicted molar refractivity (Wildman–Crippen MR) is 122 cm³/mol. The van der Waals surface area contributed by atoms with Crippen molar-refractivity contribution in [2.24, 2.45) is 0 Å². The van der Waals surface area contributed by atoms with Gasteiger partial charge in [-0.3, -0.25) is 0 Å². The lowest BCUT2D eigenvalue weighted by atomic mass is 10.1. The molecule has 1 saturated heterocycles. The molecule has 10 heteroatoms. The van der Waals surface area contributed by atoms with Crippen molar-refractivity contribution < 1.29 is 9.13 Å². The van der Waals surface area contributed by atoms with Gasteiger partial charge in [0.15, 0.2) is 5.65 Å². The van der Waals surface area contributed by atoms with Crippen LogP contribution in [-0.4, -0.2) is 48.6 Å². The number of para-hydroxylation sites is 1. The molecule has 1 atom stereocenters. The molecule has 2 N–H and O–H groups in total. The molecule has 1 aliphatic heterocycles. The van der Waals surface area contributed by atoms with E-state index >= 15 is 0 Å². The van der Waals surface area contributed by atoms with Crippen molar-refractivity contribution in [3.05, 3.63) is 59.8 Å². The van der Waals surface area contributed by atoms with Gasteiger partial charge in [-0.05, 0) is 43.0 Å². The lowest BCUT2D eigenvalue weighted by Gasteiger charge is -2.23. The van der Waals surface area contributed by atoms with Crippen molar-refractivity contribution in [2.45, 2.75) is 45.3 Å². The van der Waals surface area contributed by atoms with Crippen LogP contribution in [0.25, 0.3) is 11.3 Å². The molecule has 1 aromatic carbocycles. The van der Waals surface area contributed by atoms with Gasteiger partial charge in [0.1, 0.15) is 17.6 Å². The number of anilines is 1. The molecule has 1 aliphatic rings. The highest BCUT2D eigenvalue weighted by Gasteiger charge is 2.20. The third-order valence-electron chi connectivity index (χ3n) is 5.76. The number of halogens is 1. The van der Waals surface area contributed by atoms with Gasteiger partial charge in [-0.1, -0.05) is 26.0 Å². The SMILES string of the molecule is CC(C)c1cnn2c(NCc3cccc(F)c3-n3cccn3)nc(OC3CCCNC3)nc12. The highest BCUT2D eigenvalue weighted by Crippen LogP contribution is 2.25. The number of piperidine rings is 1. The molecule has 3 aromatic heterocycles. The lowest BCUT2D eigenvalue weighted by molar-refractivity contribution is 0.153. The normalized spacial score (nSPS) is 16.4. The molecular weight excluding hydrogens is 423 g/mol. The van der Waals surface area contributed by atoms with Crippen LogP contribution >= 0.6 is 0 Å². The zero-order valence-electron chi connectivity index (χ0n) is 18.7. The van der Waals surface area contributed by atoms with Crippen molar-refractivity contribution in [2.75, 3.05) is 18.4 Å². The van der Waals surface area contributed by atoms with E-state index in [1.165, 1.54) is 10.7 Å². The first-order chi connectivity index (χ1) is 16.1. The fraction of sp³-hybridized carbons (Fsp3) is 0.391. The fourth-order valence-corrected chi connectivity index (χ4v) is 4.05. The van der Waals surface area contributed by atoms with Gasteiger partial charge in [0, 0.05) is 31.0 Å². The smallest absolute Gasteiger partial charge is 0.322 e. The number of ether oxygens (including phenoxy) is 1. The second kappa shape index (κ2) is 9.14. The Bertz CT molecular complexity index is 1230. The summed E-state index contributed by atoms with van der Waals surface area (Å²) in [5.74, 6) is 0.381. The number of benzene rings is 1. The molecule has 0 radical (unpaired) electrons. The van der Waals surface area contributed by atoms with Gasteiger partial charge in [0.2, 0.25) is 5.95 Å². The zero-order chi connectivity index (χ0) is 22.8. The summed E-state index contributed by atoms with van der Waals surface area (Å²) >= 11 is 0. The van der Waals surface area contributed by atoms with E-state index in [9.17, 15) is 4.39 Å². The number of hydrogen-bond acceptors (Lipinski definition) is 7. The first kappa shape index (κ1) is 21.3. The Morgan fingerprint density at radius 1 is 1.24 bits per heavy atom. The van der Waals surface area contributed by atoms with E-state index in [2.05, 4.69) is 44.6 Å². The largest absolute Gasteiger partial charge is 0.459 e. The van der Waals surface area contributed by atoms with E-state index in [-0.39, 0.29) is 17.8 Å². The Hall–Kier alpha value is -3.53. The minimum Gasteiger partial charge on any atom is -0.459 e. The maximum Gasteiger partial charge on any atom is 0.322 e. The summed E-state index contributed by atoms with van der Waals surface area (Å²) in [6.45, 7) is 6.28. The van der Waals surface area contributed by atoms with Crippen LogP contribution in [0.4, 0.5) is 10.3 Å². The topological polar surface area (TPSA) is 94.2 Å². The van der Waals surface area contributed by atoms with Crippen LogP contribution in [0.5, 0.6) is 6.01 Å². The average Bonchev–Trinajstić information content (AvgIpc) is 3.48. The summed E-state index contributed by atoms with van der Waals surface area (Å²) in [5.41, 5.74) is 2.84. The summed E-state index contributed by atoms with van der Waals surface area (Å²) in [7, 11) is 0. The summed E-state index contributed by atoms with van der Waals surface area (Å²) < 4.78 is 24.0. The molecule has 9 nitrogen and oxygen atoms in total. The Balaban J connectivity index is 1.48. The Morgan fingerprint density at radius 3 is 2.91 bits per heavy atom. The van der Waals surface area contributed by atoms with Crippen LogP contribution in [0.2, 0.25) is 0 Å². The molecule has 4 aromatic rings. The zero-order valence-corrected chi connectivity index (χ0v) is 18.7. The van der Waals surface area contributed by atoms with Crippen molar-refractivity contribution in [3.63, 3.8) is 0 Å². The molecule has 1 fully saturated rings. The van der Waals surface area contributed by atoms with E-state index in [1.807, 2.05) is 12.3 Å². The third-order valence-corrected chi connectivity index (χ3v) is 5.76. The van der Waals surface area contributed by atoms with E-state index in [1.54, 1.807) is 29.0 Å². The maximum atomic E-state index is 14.7. The molecule has 0 saturated carbocycles. The van der Waals surface area contributed by atoms with Crippen molar-refractivity contribution in [1.29, 1.82) is 0 Å². The summed E-state index contributed by atoms with van der Waals surface area (Å²) in [5, 5.41) is 15.3. The van der Waals surface area contributed by atoms with Gasteiger partial charge in [-0.15, -0.1) is 0 Å². The molecule has 1 unspecified atom stereocenters. The molecular formula is C23H27FN8O. The first-order valence-corrected chi connectivity index (χ1v) is 11.2. The Kier molecular flexibility index (Phi) is 5.91. The van der Waals surface area contributed by atoms with Gasteiger partial charge >= 0.3 is 6.01 Å². The second-order valence-electron chi connectivity index (χ2n) is 8.46. The van der Waals surface area contributed by atoms with Crippen molar-refractivity contribution >= 4 is 11.6 Å². The van der Waals surface area contributed by atoms with Crippen LogP contribution in [-0.2, 0) is 6.54 Å². The van der Waals surface area contributed by atoms with Crippen molar-refractivity contribution in [1.82, 2.24) is 34.7 Å². The third kappa shape index (κ3) is 4.38. The number of nitrogens with zero attached hydrogens (tertiary/aromatic N) is 6. The van der Waals surface area contributed by atoms with E-state index < -0.39 is 0 Å². The molecule has 172 valence electrons. The first-order valence-electron chi connectivity index (χ1n) is 11.2. The lowest BCUT2D eigenvalue weighted by Crippen LogP contribution is -2.37. The van der Waals surface area contributed by atoms with Gasteiger partial charge in [-0.25, -0.2) is 9.07 Å². The highest BCUT2D eigenvalue weighted by atomic mass is 19.1. The maximum absolute atomic E-state index is 14.7. The predicted octanol–water partition coefficient (Wildman–Crippen LogP) is 3.32. The molecule has 0 amide bonds. The van der Waals surface area contributed by atoms with Crippen LogP contribution < -0.4 is 15.4 Å². The van der Waals surface area contributed by atoms with E-state index in [0.29, 0.717) is 29.8 Å². The Labute approximate surface area is 191 Å². The number of hydrogen-bond donors (Lipinski definition) is 2. The number of aromatic nitrogens is 6. The second-order valence-corrected chi connectivity index (χ2v) is 8.46. The molecule has 33 heavy (non-hydrogen) atoms. The number of rotatable bonds is 7. The summed E-state index contributed by atoms with van der Waals surface area (Å²) in [4.78, 5) is 9.27. The van der Waals surface area contributed by atoms with E-state index in [0.717, 1.165) is 37.1 Å². The molecule has 0 bridgehead atoms. The minimum atomic E-state index is -0.346. The van der Waals surface area contributed by atoms with Crippen LogP contribution in [0.1, 0.15) is 43.7 Å². The van der Waals surface area contributed by atoms with Gasteiger partial charge in [0.05, 0.1) is 6.20 Å². The standard InChI is InChI=1S/C23H27FN8O/c1-15(2)18-14-28-32-21(18)29-23(33-17-7-4-9-25-13-17)30-22(32)26-12-16-6-3-8-19(24)20(16)31-11-5-10-27-31/h3,5-6,8,10-11,14-15,17,25H,4,7,9,12-13H2,1-2H3,(H,26,29,30). The highest BCUT2D eigenvalue weighted by molar-refractivity contribution is 5.53. The monoisotopic (exact) mass is 450 g/mol. The van der Waals surface area contributed by atoms with Gasteiger partial charge in [0.25, 0.3) is 0 Å². The molecule has 4 heterocycles. The van der Waals surface area contributed by atoms with Crippen molar-refractivity contribution in [3.8, 4) is 11.7 Å². The minimum absolute atomic E-state index is 0.0223. The number of nitrogens with one attached hydrogen (secondary N) is 2.